The molecule has 2 atom stereocenters. The van der Waals surface area contributed by atoms with Gasteiger partial charge in [-0.25, -0.2) is 0 Å². The van der Waals surface area contributed by atoms with E-state index in [2.05, 4.69) is 27.9 Å². The summed E-state index contributed by atoms with van der Waals surface area (Å²) in [5.41, 5.74) is 0. The maximum Gasteiger partial charge on any atom is 0.289 e. The van der Waals surface area contributed by atoms with Gasteiger partial charge in [-0.1, -0.05) is 0 Å². The van der Waals surface area contributed by atoms with Crippen LogP contribution in [-0.2, 0) is 0 Å². The molecule has 0 spiro atoms. The number of hydrogen-bond donors (Lipinski definition) is 0. The number of furan rings is 1. The van der Waals surface area contributed by atoms with Crippen LogP contribution in [0.15, 0.2) is 21.2 Å². The molecule has 0 aliphatic carbocycles. The first-order valence-corrected chi connectivity index (χ1v) is 7.72. The minimum atomic E-state index is 0.0356. The lowest BCUT2D eigenvalue weighted by Gasteiger charge is -2.32. The quantitative estimate of drug-likeness (QED) is 0.838. The van der Waals surface area contributed by atoms with Crippen LogP contribution >= 0.6 is 15.9 Å². The molecule has 1 aromatic rings. The molecule has 1 amide bonds. The van der Waals surface area contributed by atoms with Gasteiger partial charge in [-0.05, 0) is 67.3 Å². The molecule has 104 valence electrons. The summed E-state index contributed by atoms with van der Waals surface area (Å²) in [4.78, 5) is 16.9. The Balaban J connectivity index is 1.77. The Kier molecular flexibility index (Phi) is 3.67. The molecule has 0 bridgehead atoms. The Labute approximate surface area is 121 Å². The zero-order valence-corrected chi connectivity index (χ0v) is 12.7. The molecule has 2 aliphatic heterocycles. The van der Waals surface area contributed by atoms with Crippen molar-refractivity contribution in [1.29, 1.82) is 0 Å². The van der Waals surface area contributed by atoms with Crippen molar-refractivity contribution in [3.63, 3.8) is 0 Å². The van der Waals surface area contributed by atoms with Crippen LogP contribution in [0.5, 0.6) is 0 Å². The van der Waals surface area contributed by atoms with Gasteiger partial charge in [0.05, 0.1) is 0 Å². The second-order valence-corrected chi connectivity index (χ2v) is 6.28. The number of halogens is 1. The topological polar surface area (TPSA) is 36.7 Å². The number of carbonyl (C=O) groups excluding carboxylic acids is 1. The second-order valence-electron chi connectivity index (χ2n) is 5.50. The Morgan fingerprint density at radius 2 is 2.00 bits per heavy atom. The maximum atomic E-state index is 12.5. The number of likely N-dealkylation sites (tertiary alicyclic amines) is 2. The van der Waals surface area contributed by atoms with Crippen LogP contribution < -0.4 is 0 Å². The number of amides is 1. The summed E-state index contributed by atoms with van der Waals surface area (Å²) in [6.45, 7) is 2.00. The summed E-state index contributed by atoms with van der Waals surface area (Å²) >= 11 is 3.25. The highest BCUT2D eigenvalue weighted by Crippen LogP contribution is 2.30. The normalized spacial score (nSPS) is 28.2. The minimum absolute atomic E-state index is 0.0356. The number of likely N-dealkylation sites (N-methyl/N-ethyl adjacent to an activating group) is 1. The molecule has 2 aliphatic rings. The molecule has 0 unspecified atom stereocenters. The van der Waals surface area contributed by atoms with Gasteiger partial charge in [-0.2, -0.15) is 0 Å². The zero-order valence-electron chi connectivity index (χ0n) is 11.1. The van der Waals surface area contributed by atoms with Crippen LogP contribution in [0.3, 0.4) is 0 Å². The van der Waals surface area contributed by atoms with Crippen LogP contribution in [0, 0.1) is 0 Å². The highest BCUT2D eigenvalue weighted by atomic mass is 79.9. The summed E-state index contributed by atoms with van der Waals surface area (Å²) in [5.74, 6) is 0.480. The van der Waals surface area contributed by atoms with E-state index in [1.807, 2.05) is 4.90 Å². The van der Waals surface area contributed by atoms with Crippen LogP contribution in [0.25, 0.3) is 0 Å². The zero-order chi connectivity index (χ0) is 13.4. The number of rotatable bonds is 2. The monoisotopic (exact) mass is 326 g/mol. The first-order valence-electron chi connectivity index (χ1n) is 6.93. The molecule has 5 heteroatoms. The fourth-order valence-corrected chi connectivity index (χ4v) is 3.74. The molecule has 0 N–H and O–H groups in total. The Hall–Kier alpha value is -0.810. The van der Waals surface area contributed by atoms with Gasteiger partial charge in [0.2, 0.25) is 0 Å². The van der Waals surface area contributed by atoms with Crippen molar-refractivity contribution in [3.05, 3.63) is 22.6 Å². The van der Waals surface area contributed by atoms with E-state index >= 15 is 0 Å². The van der Waals surface area contributed by atoms with Crippen LogP contribution in [0.4, 0.5) is 0 Å². The van der Waals surface area contributed by atoms with Crippen LogP contribution in [0.1, 0.15) is 36.2 Å². The molecule has 1 aromatic heterocycles. The van der Waals surface area contributed by atoms with Crippen molar-refractivity contribution in [3.8, 4) is 0 Å². The number of nitrogens with zero attached hydrogens (tertiary/aromatic N) is 2. The smallest absolute Gasteiger partial charge is 0.289 e. The van der Waals surface area contributed by atoms with Gasteiger partial charge in [0, 0.05) is 18.6 Å². The minimum Gasteiger partial charge on any atom is -0.444 e. The Morgan fingerprint density at radius 3 is 2.63 bits per heavy atom. The third-order valence-electron chi connectivity index (χ3n) is 4.37. The van der Waals surface area contributed by atoms with Crippen molar-refractivity contribution in [2.75, 3.05) is 20.1 Å². The molecule has 0 saturated carbocycles. The molecule has 4 nitrogen and oxygen atoms in total. The molecule has 0 radical (unpaired) electrons. The van der Waals surface area contributed by atoms with Crippen LogP contribution in [0.2, 0.25) is 0 Å². The van der Waals surface area contributed by atoms with E-state index in [1.54, 1.807) is 12.1 Å². The molecular formula is C14H19BrN2O2. The number of carbonyl (C=O) groups is 1. The van der Waals surface area contributed by atoms with E-state index in [0.29, 0.717) is 22.5 Å². The molecular weight excluding hydrogens is 308 g/mol. The van der Waals surface area contributed by atoms with E-state index in [1.165, 1.54) is 12.8 Å². The van der Waals surface area contributed by atoms with Crippen molar-refractivity contribution < 1.29 is 9.21 Å². The average Bonchev–Trinajstić information content (AvgIpc) is 3.07. The van der Waals surface area contributed by atoms with E-state index in [4.69, 9.17) is 4.42 Å². The summed E-state index contributed by atoms with van der Waals surface area (Å²) < 4.78 is 6.02. The lowest BCUT2D eigenvalue weighted by molar-refractivity contribution is 0.0631. The van der Waals surface area contributed by atoms with Gasteiger partial charge in [0.25, 0.3) is 5.91 Å². The third-order valence-corrected chi connectivity index (χ3v) is 4.79. The second kappa shape index (κ2) is 5.29. The summed E-state index contributed by atoms with van der Waals surface area (Å²) in [5, 5.41) is 0. The van der Waals surface area contributed by atoms with Crippen molar-refractivity contribution >= 4 is 21.8 Å². The predicted molar refractivity (Wildman–Crippen MR) is 76.1 cm³/mol. The molecule has 19 heavy (non-hydrogen) atoms. The van der Waals surface area contributed by atoms with E-state index in [9.17, 15) is 4.79 Å². The highest BCUT2D eigenvalue weighted by Gasteiger charge is 2.39. The van der Waals surface area contributed by atoms with E-state index < -0.39 is 0 Å². The van der Waals surface area contributed by atoms with Gasteiger partial charge < -0.3 is 14.2 Å². The lowest BCUT2D eigenvalue weighted by atomic mass is 10.0. The Bertz CT molecular complexity index is 474. The number of hydrogen-bond acceptors (Lipinski definition) is 3. The maximum absolute atomic E-state index is 12.5. The highest BCUT2D eigenvalue weighted by molar-refractivity contribution is 9.10. The lowest BCUT2D eigenvalue weighted by Crippen LogP contribution is -2.47. The summed E-state index contributed by atoms with van der Waals surface area (Å²) in [6.07, 6.45) is 4.66. The Morgan fingerprint density at radius 1 is 1.26 bits per heavy atom. The van der Waals surface area contributed by atoms with Gasteiger partial charge in [0.1, 0.15) is 0 Å². The van der Waals surface area contributed by atoms with Gasteiger partial charge in [0.15, 0.2) is 10.4 Å². The largest absolute Gasteiger partial charge is 0.444 e. The van der Waals surface area contributed by atoms with Crippen LogP contribution in [-0.4, -0.2) is 47.9 Å². The average molecular weight is 327 g/mol. The predicted octanol–water partition coefficient (Wildman–Crippen LogP) is 2.74. The van der Waals surface area contributed by atoms with E-state index in [0.717, 1.165) is 25.9 Å². The molecule has 0 aromatic carbocycles. The molecule has 2 saturated heterocycles. The molecule has 2 fully saturated rings. The van der Waals surface area contributed by atoms with Gasteiger partial charge >= 0.3 is 0 Å². The van der Waals surface area contributed by atoms with Gasteiger partial charge in [-0.15, -0.1) is 0 Å². The SMILES string of the molecule is CN1CCC[C@H]1[C@@H]1CCCN1C(=O)c1ccc(Br)o1. The molecule has 3 rings (SSSR count). The first-order chi connectivity index (χ1) is 9.16. The van der Waals surface area contributed by atoms with E-state index in [-0.39, 0.29) is 5.91 Å². The van der Waals surface area contributed by atoms with Gasteiger partial charge in [-0.3, -0.25) is 4.79 Å². The third kappa shape index (κ3) is 2.46. The summed E-state index contributed by atoms with van der Waals surface area (Å²) in [6, 6.07) is 4.40. The molecule has 3 heterocycles. The fraction of sp³-hybridized carbons (Fsp3) is 0.643. The first kappa shape index (κ1) is 13.2. The fourth-order valence-electron chi connectivity index (χ4n) is 3.44. The standard InChI is InChI=1S/C14H19BrN2O2/c1-16-8-2-4-10(16)11-5-3-9-17(11)14(18)12-6-7-13(15)19-12/h6-7,10-11H,2-5,8-9H2,1H3/t10-,11-/m0/s1. The summed E-state index contributed by atoms with van der Waals surface area (Å²) in [7, 11) is 2.17. The van der Waals surface area contributed by atoms with Crippen molar-refractivity contribution in [2.45, 2.75) is 37.8 Å². The van der Waals surface area contributed by atoms with Crippen molar-refractivity contribution in [2.24, 2.45) is 0 Å². The van der Waals surface area contributed by atoms with Crippen molar-refractivity contribution in [1.82, 2.24) is 9.80 Å².